The minimum atomic E-state index is -4.94. The summed E-state index contributed by atoms with van der Waals surface area (Å²) in [6.07, 6.45) is -9.55. The second-order valence-corrected chi connectivity index (χ2v) is 5.07. The quantitative estimate of drug-likeness (QED) is 0.444. The van der Waals surface area contributed by atoms with Gasteiger partial charge in [0.2, 0.25) is 0 Å². The van der Waals surface area contributed by atoms with Crippen LogP contribution in [0.15, 0.2) is 42.5 Å². The van der Waals surface area contributed by atoms with Gasteiger partial charge in [-0.05, 0) is 23.3 Å². The molecule has 23 heavy (non-hydrogen) atoms. The molecule has 0 aromatic heterocycles. The Morgan fingerprint density at radius 2 is 1.43 bits per heavy atom. The normalized spacial score (nSPS) is 12.3. The van der Waals surface area contributed by atoms with Gasteiger partial charge in [-0.25, -0.2) is 0 Å². The zero-order valence-electron chi connectivity index (χ0n) is 11.3. The second-order valence-electron chi connectivity index (χ2n) is 4.51. The Kier molecular flexibility index (Phi) is 4.93. The molecule has 0 amide bonds. The molecule has 0 unspecified atom stereocenters. The topological polar surface area (TPSA) is 9.23 Å². The molecule has 0 radical (unpaired) electrons. The molecule has 0 N–H and O–H groups in total. The molecule has 1 nitrogen and oxygen atoms in total. The van der Waals surface area contributed by atoms with E-state index in [1.54, 1.807) is 0 Å². The minimum absolute atomic E-state index is 0.0246. The summed E-state index contributed by atoms with van der Waals surface area (Å²) >= 11 is 2.97. The molecule has 0 fully saturated rings. The molecule has 0 aliphatic carbocycles. The van der Waals surface area contributed by atoms with E-state index in [0.29, 0.717) is 0 Å². The van der Waals surface area contributed by atoms with Gasteiger partial charge < -0.3 is 4.74 Å². The molecule has 0 heterocycles. The number of alkyl halides is 7. The van der Waals surface area contributed by atoms with E-state index in [4.69, 9.17) is 0 Å². The van der Waals surface area contributed by atoms with Crippen LogP contribution in [0.5, 0.6) is 5.75 Å². The number of benzene rings is 2. The van der Waals surface area contributed by atoms with E-state index in [-0.39, 0.29) is 22.0 Å². The van der Waals surface area contributed by atoms with Crippen LogP contribution < -0.4 is 4.74 Å². The van der Waals surface area contributed by atoms with Crippen LogP contribution in [-0.4, -0.2) is 6.36 Å². The van der Waals surface area contributed by atoms with Gasteiger partial charge in [-0.1, -0.05) is 46.3 Å². The zero-order valence-corrected chi connectivity index (χ0v) is 12.9. The molecule has 0 atom stereocenters. The van der Waals surface area contributed by atoms with E-state index in [1.807, 2.05) is 0 Å². The van der Waals surface area contributed by atoms with Gasteiger partial charge in [0.25, 0.3) is 0 Å². The SMILES string of the molecule is FC(F)(F)Oc1ccccc1-c1cccc(C(F)(F)F)c1CBr. The van der Waals surface area contributed by atoms with Crippen molar-refractivity contribution in [1.29, 1.82) is 0 Å². The fraction of sp³-hybridized carbons (Fsp3) is 0.200. The van der Waals surface area contributed by atoms with Crippen LogP contribution in [0, 0.1) is 0 Å². The molecule has 8 heteroatoms. The van der Waals surface area contributed by atoms with Crippen molar-refractivity contribution < 1.29 is 31.1 Å². The standard InChI is InChI=1S/C15H9BrF6O/c16-8-11-9(5-3-6-12(11)14(17,18)19)10-4-1-2-7-13(10)23-15(20,21)22/h1-7H,8H2. The van der Waals surface area contributed by atoms with Gasteiger partial charge in [-0.3, -0.25) is 0 Å². The van der Waals surface area contributed by atoms with E-state index in [2.05, 4.69) is 20.7 Å². The Morgan fingerprint density at radius 1 is 0.826 bits per heavy atom. The number of hydrogen-bond donors (Lipinski definition) is 0. The summed E-state index contributed by atoms with van der Waals surface area (Å²) in [4.78, 5) is 0. The first-order chi connectivity index (χ1) is 10.6. The second kappa shape index (κ2) is 6.43. The predicted octanol–water partition coefficient (Wildman–Crippen LogP) is 6.17. The molecule has 0 saturated carbocycles. The third-order valence-corrected chi connectivity index (χ3v) is 3.58. The predicted molar refractivity (Wildman–Crippen MR) is 76.2 cm³/mol. The molecule has 0 bridgehead atoms. The Hall–Kier alpha value is -1.70. The Balaban J connectivity index is 2.64. The molecule has 124 valence electrons. The van der Waals surface area contributed by atoms with Gasteiger partial charge in [-0.2, -0.15) is 13.2 Å². The average Bonchev–Trinajstić information content (AvgIpc) is 2.44. The van der Waals surface area contributed by atoms with Crippen molar-refractivity contribution in [2.75, 3.05) is 0 Å². The van der Waals surface area contributed by atoms with Crippen LogP contribution >= 0.6 is 15.9 Å². The van der Waals surface area contributed by atoms with Crippen LogP contribution in [-0.2, 0) is 11.5 Å². The lowest BCUT2D eigenvalue weighted by atomic mass is 9.95. The summed E-state index contributed by atoms with van der Waals surface area (Å²) in [6.45, 7) is 0. The van der Waals surface area contributed by atoms with Crippen molar-refractivity contribution in [2.24, 2.45) is 0 Å². The van der Waals surface area contributed by atoms with Crippen molar-refractivity contribution in [3.63, 3.8) is 0 Å². The van der Waals surface area contributed by atoms with Gasteiger partial charge in [-0.15, -0.1) is 13.2 Å². The summed E-state index contributed by atoms with van der Waals surface area (Å²) in [6, 6.07) is 8.43. The van der Waals surface area contributed by atoms with Crippen molar-refractivity contribution >= 4 is 15.9 Å². The number of hydrogen-bond acceptors (Lipinski definition) is 1. The highest BCUT2D eigenvalue weighted by atomic mass is 79.9. The zero-order chi connectivity index (χ0) is 17.3. The van der Waals surface area contributed by atoms with E-state index >= 15 is 0 Å². The summed E-state index contributed by atoms with van der Waals surface area (Å²) in [5, 5.41) is -0.168. The highest BCUT2D eigenvalue weighted by Crippen LogP contribution is 2.41. The maximum absolute atomic E-state index is 13.1. The molecular formula is C15H9BrF6O. The maximum Gasteiger partial charge on any atom is 0.573 e. The average molecular weight is 399 g/mol. The maximum atomic E-state index is 13.1. The Morgan fingerprint density at radius 3 is 2.00 bits per heavy atom. The smallest absolute Gasteiger partial charge is 0.405 e. The lowest BCUT2D eigenvalue weighted by molar-refractivity contribution is -0.274. The summed E-state index contributed by atoms with van der Waals surface area (Å²) in [5.74, 6) is -0.554. The Labute approximate surface area is 136 Å². The van der Waals surface area contributed by atoms with Crippen molar-refractivity contribution in [1.82, 2.24) is 0 Å². The van der Waals surface area contributed by atoms with Gasteiger partial charge in [0.05, 0.1) is 5.56 Å². The molecular weight excluding hydrogens is 390 g/mol. The monoisotopic (exact) mass is 398 g/mol. The Bertz CT molecular complexity index is 693. The van der Waals surface area contributed by atoms with Crippen LogP contribution in [0.1, 0.15) is 11.1 Å². The number of halogens is 7. The van der Waals surface area contributed by atoms with E-state index in [9.17, 15) is 26.3 Å². The molecule has 0 aliphatic rings. The third kappa shape index (κ3) is 4.19. The number of rotatable bonds is 3. The van der Waals surface area contributed by atoms with Gasteiger partial charge >= 0.3 is 12.5 Å². The molecule has 0 spiro atoms. The molecule has 2 aromatic rings. The molecule has 0 aliphatic heterocycles. The first-order valence-electron chi connectivity index (χ1n) is 6.23. The van der Waals surface area contributed by atoms with Crippen LogP contribution in [0.25, 0.3) is 11.1 Å². The van der Waals surface area contributed by atoms with E-state index < -0.39 is 23.9 Å². The summed E-state index contributed by atoms with van der Waals surface area (Å²) in [5.41, 5.74) is -1.10. The third-order valence-electron chi connectivity index (χ3n) is 3.02. The van der Waals surface area contributed by atoms with Crippen molar-refractivity contribution in [3.05, 3.63) is 53.6 Å². The number of ether oxygens (including phenoxy) is 1. The largest absolute Gasteiger partial charge is 0.573 e. The first-order valence-corrected chi connectivity index (χ1v) is 7.36. The van der Waals surface area contributed by atoms with E-state index in [1.165, 1.54) is 24.3 Å². The van der Waals surface area contributed by atoms with Crippen molar-refractivity contribution in [2.45, 2.75) is 17.9 Å². The highest BCUT2D eigenvalue weighted by molar-refractivity contribution is 9.08. The first kappa shape index (κ1) is 17.7. The van der Waals surface area contributed by atoms with Gasteiger partial charge in [0, 0.05) is 10.9 Å². The molecule has 2 aromatic carbocycles. The molecule has 0 saturated heterocycles. The fourth-order valence-corrected chi connectivity index (χ4v) is 2.76. The van der Waals surface area contributed by atoms with Crippen LogP contribution in [0.4, 0.5) is 26.3 Å². The van der Waals surface area contributed by atoms with Crippen LogP contribution in [0.2, 0.25) is 0 Å². The van der Waals surface area contributed by atoms with Gasteiger partial charge in [0.1, 0.15) is 5.75 Å². The van der Waals surface area contributed by atoms with E-state index in [0.717, 1.165) is 18.2 Å². The van der Waals surface area contributed by atoms with Gasteiger partial charge in [0.15, 0.2) is 0 Å². The highest BCUT2D eigenvalue weighted by Gasteiger charge is 2.35. The molecule has 2 rings (SSSR count). The lowest BCUT2D eigenvalue weighted by Crippen LogP contribution is -2.17. The fourth-order valence-electron chi connectivity index (χ4n) is 2.15. The summed E-state index contributed by atoms with van der Waals surface area (Å²) in [7, 11) is 0. The lowest BCUT2D eigenvalue weighted by Gasteiger charge is -2.18. The van der Waals surface area contributed by atoms with Crippen LogP contribution in [0.3, 0.4) is 0 Å². The summed E-state index contributed by atoms with van der Waals surface area (Å²) < 4.78 is 80.6. The van der Waals surface area contributed by atoms with Crippen molar-refractivity contribution in [3.8, 4) is 16.9 Å². The minimum Gasteiger partial charge on any atom is -0.405 e. The number of para-hydroxylation sites is 1.